The Hall–Kier alpha value is -1.46. The first-order valence-electron chi connectivity index (χ1n) is 6.65. The van der Waals surface area contributed by atoms with Gasteiger partial charge in [0.25, 0.3) is 0 Å². The summed E-state index contributed by atoms with van der Waals surface area (Å²) in [5.41, 5.74) is 14.8. The van der Waals surface area contributed by atoms with Crippen molar-refractivity contribution in [3.05, 3.63) is 17.2 Å². The zero-order valence-corrected chi connectivity index (χ0v) is 11.7. The highest BCUT2D eigenvalue weighted by Crippen LogP contribution is 2.39. The molecule has 1 heterocycles. The molecule has 0 bridgehead atoms. The second-order valence-corrected chi connectivity index (χ2v) is 4.83. The number of methoxy groups -OCH3 is 2. The Morgan fingerprint density at radius 3 is 2.68 bits per heavy atom. The molecule has 1 aromatic rings. The maximum atomic E-state index is 6.11. The van der Waals surface area contributed by atoms with E-state index in [9.17, 15) is 0 Å². The predicted molar refractivity (Wildman–Crippen MR) is 76.6 cm³/mol. The molecular formula is C14H23N3O2. The van der Waals surface area contributed by atoms with Crippen LogP contribution in [0.1, 0.15) is 17.5 Å². The van der Waals surface area contributed by atoms with E-state index in [-0.39, 0.29) is 0 Å². The highest BCUT2D eigenvalue weighted by atomic mass is 16.5. The smallest absolute Gasteiger partial charge is 0.165 e. The van der Waals surface area contributed by atoms with Crippen LogP contribution in [0.5, 0.6) is 11.5 Å². The van der Waals surface area contributed by atoms with E-state index in [0.29, 0.717) is 5.75 Å². The van der Waals surface area contributed by atoms with Gasteiger partial charge in [-0.25, -0.2) is 0 Å². The quantitative estimate of drug-likeness (QED) is 0.777. The fourth-order valence-electron chi connectivity index (χ4n) is 2.67. The Balaban J connectivity index is 2.32. The number of anilines is 1. The first kappa shape index (κ1) is 14.0. The van der Waals surface area contributed by atoms with Crippen LogP contribution < -0.4 is 20.9 Å². The molecule has 0 saturated heterocycles. The first-order chi connectivity index (χ1) is 9.21. The van der Waals surface area contributed by atoms with E-state index in [1.54, 1.807) is 14.2 Å². The number of benzene rings is 1. The number of hydrogen-bond acceptors (Lipinski definition) is 5. The van der Waals surface area contributed by atoms with Gasteiger partial charge in [0.2, 0.25) is 0 Å². The Morgan fingerprint density at radius 2 is 2.05 bits per heavy atom. The molecule has 1 aromatic carbocycles. The summed E-state index contributed by atoms with van der Waals surface area (Å²) in [6, 6.07) is 1.85. The summed E-state index contributed by atoms with van der Waals surface area (Å²) in [7, 11) is 3.31. The lowest BCUT2D eigenvalue weighted by Gasteiger charge is -2.31. The van der Waals surface area contributed by atoms with Crippen LogP contribution in [0, 0.1) is 0 Å². The van der Waals surface area contributed by atoms with Crippen molar-refractivity contribution in [2.45, 2.75) is 19.4 Å². The largest absolute Gasteiger partial charge is 0.493 e. The van der Waals surface area contributed by atoms with Gasteiger partial charge in [-0.1, -0.05) is 0 Å². The van der Waals surface area contributed by atoms with Crippen LogP contribution in [0.4, 0.5) is 5.69 Å². The number of hydrogen-bond donors (Lipinski definition) is 2. The van der Waals surface area contributed by atoms with Gasteiger partial charge in [0.05, 0.1) is 14.2 Å². The molecule has 0 aromatic heterocycles. The van der Waals surface area contributed by atoms with Crippen molar-refractivity contribution in [1.82, 2.24) is 4.90 Å². The van der Waals surface area contributed by atoms with E-state index in [1.807, 2.05) is 6.07 Å². The highest BCUT2D eigenvalue weighted by molar-refractivity contribution is 5.64. The van der Waals surface area contributed by atoms with E-state index in [2.05, 4.69) is 4.90 Å². The van der Waals surface area contributed by atoms with Crippen molar-refractivity contribution in [1.29, 1.82) is 0 Å². The van der Waals surface area contributed by atoms with Crippen LogP contribution in [-0.4, -0.2) is 38.8 Å². The van der Waals surface area contributed by atoms with Crippen LogP contribution in [0.15, 0.2) is 6.07 Å². The van der Waals surface area contributed by atoms with Crippen LogP contribution in [0.3, 0.4) is 0 Å². The number of rotatable bonds is 5. The standard InChI is InChI=1S/C14H23N3O2/c1-18-13-8-12(16)10-4-7-17(6-3-5-15)9-11(10)14(13)19-2/h8H,3-7,9,15-16H2,1-2H3. The van der Waals surface area contributed by atoms with Crippen LogP contribution in [0.2, 0.25) is 0 Å². The maximum Gasteiger partial charge on any atom is 0.165 e. The number of fused-ring (bicyclic) bond motifs is 1. The third-order valence-corrected chi connectivity index (χ3v) is 3.66. The van der Waals surface area contributed by atoms with E-state index >= 15 is 0 Å². The van der Waals surface area contributed by atoms with Crippen LogP contribution >= 0.6 is 0 Å². The summed E-state index contributed by atoms with van der Waals surface area (Å²) >= 11 is 0. The zero-order chi connectivity index (χ0) is 13.8. The topological polar surface area (TPSA) is 73.7 Å². The van der Waals surface area contributed by atoms with Gasteiger partial charge < -0.3 is 20.9 Å². The van der Waals surface area contributed by atoms with Crippen molar-refractivity contribution in [3.63, 3.8) is 0 Å². The fraction of sp³-hybridized carbons (Fsp3) is 0.571. The van der Waals surface area contributed by atoms with Gasteiger partial charge in [0.15, 0.2) is 11.5 Å². The first-order valence-corrected chi connectivity index (χ1v) is 6.65. The lowest BCUT2D eigenvalue weighted by molar-refractivity contribution is 0.245. The van der Waals surface area contributed by atoms with Crippen LogP contribution in [-0.2, 0) is 13.0 Å². The van der Waals surface area contributed by atoms with E-state index in [1.165, 1.54) is 5.56 Å². The summed E-state index contributed by atoms with van der Waals surface area (Å²) in [5, 5.41) is 0. The van der Waals surface area contributed by atoms with E-state index in [0.717, 1.165) is 56.0 Å². The molecule has 0 unspecified atom stereocenters. The third-order valence-electron chi connectivity index (χ3n) is 3.66. The summed E-state index contributed by atoms with van der Waals surface area (Å²) < 4.78 is 10.9. The molecule has 0 spiro atoms. The summed E-state index contributed by atoms with van der Waals surface area (Å²) in [4.78, 5) is 2.39. The molecule has 1 aliphatic heterocycles. The lowest BCUT2D eigenvalue weighted by atomic mass is 9.96. The minimum Gasteiger partial charge on any atom is -0.493 e. The molecule has 0 fully saturated rings. The molecule has 0 atom stereocenters. The van der Waals surface area contributed by atoms with Gasteiger partial charge in [-0.15, -0.1) is 0 Å². The number of nitrogens with two attached hydrogens (primary N) is 2. The summed E-state index contributed by atoms with van der Waals surface area (Å²) in [6.07, 6.45) is 1.96. The highest BCUT2D eigenvalue weighted by Gasteiger charge is 2.24. The van der Waals surface area contributed by atoms with Crippen molar-refractivity contribution in [2.24, 2.45) is 5.73 Å². The lowest BCUT2D eigenvalue weighted by Crippen LogP contribution is -2.33. The van der Waals surface area contributed by atoms with E-state index in [4.69, 9.17) is 20.9 Å². The van der Waals surface area contributed by atoms with Crippen molar-refractivity contribution >= 4 is 5.69 Å². The molecule has 0 radical (unpaired) electrons. The molecule has 5 nitrogen and oxygen atoms in total. The molecule has 1 aliphatic rings. The van der Waals surface area contributed by atoms with Gasteiger partial charge in [0.1, 0.15) is 0 Å². The fourth-order valence-corrected chi connectivity index (χ4v) is 2.67. The number of nitrogens with zero attached hydrogens (tertiary/aromatic N) is 1. The van der Waals surface area contributed by atoms with Gasteiger partial charge in [0, 0.05) is 30.4 Å². The molecule has 5 heteroatoms. The van der Waals surface area contributed by atoms with Gasteiger partial charge in [-0.3, -0.25) is 4.90 Å². The van der Waals surface area contributed by atoms with E-state index < -0.39 is 0 Å². The zero-order valence-electron chi connectivity index (χ0n) is 11.7. The second-order valence-electron chi connectivity index (χ2n) is 4.83. The molecular weight excluding hydrogens is 242 g/mol. The second kappa shape index (κ2) is 6.12. The number of nitrogen functional groups attached to an aromatic ring is 1. The number of ether oxygens (including phenoxy) is 2. The summed E-state index contributed by atoms with van der Waals surface area (Å²) in [6.45, 7) is 3.60. The van der Waals surface area contributed by atoms with Gasteiger partial charge in [-0.05, 0) is 31.5 Å². The Labute approximate surface area is 114 Å². The molecule has 0 saturated carbocycles. The van der Waals surface area contributed by atoms with Crippen molar-refractivity contribution in [2.75, 3.05) is 39.6 Å². The maximum absolute atomic E-state index is 6.11. The minimum absolute atomic E-state index is 0.708. The van der Waals surface area contributed by atoms with Crippen LogP contribution in [0.25, 0.3) is 0 Å². The van der Waals surface area contributed by atoms with Crippen molar-refractivity contribution < 1.29 is 9.47 Å². The molecule has 0 aliphatic carbocycles. The third kappa shape index (κ3) is 2.77. The molecule has 19 heavy (non-hydrogen) atoms. The Morgan fingerprint density at radius 1 is 1.26 bits per heavy atom. The van der Waals surface area contributed by atoms with Crippen molar-refractivity contribution in [3.8, 4) is 11.5 Å². The molecule has 4 N–H and O–H groups in total. The Bertz CT molecular complexity index is 449. The molecule has 106 valence electrons. The average Bonchev–Trinajstić information content (AvgIpc) is 2.44. The minimum atomic E-state index is 0.708. The van der Waals surface area contributed by atoms with Gasteiger partial charge >= 0.3 is 0 Å². The SMILES string of the molecule is COc1cc(N)c2c(c1OC)CN(CCCN)CC2. The molecule has 0 amide bonds. The monoisotopic (exact) mass is 265 g/mol. The van der Waals surface area contributed by atoms with Gasteiger partial charge in [-0.2, -0.15) is 0 Å². The molecule has 2 rings (SSSR count). The Kier molecular flexibility index (Phi) is 4.50. The average molecular weight is 265 g/mol. The normalized spacial score (nSPS) is 15.1. The summed E-state index contributed by atoms with van der Waals surface area (Å²) in [5.74, 6) is 1.52. The predicted octanol–water partition coefficient (Wildman–Crippen LogP) is 0.993.